The molecule has 2 aliphatic heterocycles. The molecular weight excluding hydrogens is 681 g/mol. The normalized spacial score (nSPS) is 15.2. The van der Waals surface area contributed by atoms with Crippen LogP contribution < -0.4 is 0 Å². The van der Waals surface area contributed by atoms with Gasteiger partial charge in [0.05, 0.1) is 11.4 Å². The van der Waals surface area contributed by atoms with Gasteiger partial charge in [0.2, 0.25) is 12.6 Å². The molecule has 4 aromatic carbocycles. The van der Waals surface area contributed by atoms with Crippen molar-refractivity contribution in [2.75, 3.05) is 13.2 Å². The lowest BCUT2D eigenvalue weighted by Crippen LogP contribution is -2.24. The van der Waals surface area contributed by atoms with E-state index in [0.29, 0.717) is 24.6 Å². The fraction of sp³-hybridized carbons (Fsp3) is 0.125. The Bertz CT molecular complexity index is 2470. The van der Waals surface area contributed by atoms with E-state index < -0.39 is 12.6 Å². The van der Waals surface area contributed by atoms with Crippen molar-refractivity contribution in [1.82, 2.24) is 19.9 Å². The average molecular weight is 721 g/mol. The maximum absolute atomic E-state index is 6.84. The summed E-state index contributed by atoms with van der Waals surface area (Å²) in [6.45, 7) is 4.77. The summed E-state index contributed by atoms with van der Waals surface area (Å²) < 4.78 is 19.6. The highest BCUT2D eigenvalue weighted by Gasteiger charge is 2.33. The van der Waals surface area contributed by atoms with Gasteiger partial charge in [0.15, 0.2) is 0 Å². The Labute approximate surface area is 320 Å². The summed E-state index contributed by atoms with van der Waals surface area (Å²) >= 11 is 0. The van der Waals surface area contributed by atoms with Crippen molar-refractivity contribution in [2.24, 2.45) is 0 Å². The number of rotatable bonds is 8. The molecule has 7 heteroatoms. The lowest BCUT2D eigenvalue weighted by atomic mass is 10.0. The Kier molecular flexibility index (Phi) is 9.48. The van der Waals surface area contributed by atoms with Crippen molar-refractivity contribution in [2.45, 2.75) is 26.4 Å². The Balaban J connectivity index is 1.53. The highest BCUT2D eigenvalue weighted by molar-refractivity contribution is 5.97. The molecule has 270 valence electrons. The SMILES string of the molecule is CCO[C@H]1O[C@H](OCC)c2nc1c(-c1ccccc1)c1ccc([nH]1)c(-c1ccccc1)c1nc(c(-c3ccccc3)c3ccc([nH]3)c2-c2ccccc2)C=C1. The summed E-state index contributed by atoms with van der Waals surface area (Å²) in [5.74, 6) is 0. The molecule has 0 saturated carbocycles. The third kappa shape index (κ3) is 6.59. The molecule has 3 aromatic heterocycles. The average Bonchev–Trinajstić information content (AvgIpc) is 4.02. The summed E-state index contributed by atoms with van der Waals surface area (Å²) in [5, 5.41) is 0. The largest absolute Gasteiger partial charge is 0.354 e. The molecule has 0 spiro atoms. The zero-order valence-electron chi connectivity index (χ0n) is 30.7. The van der Waals surface area contributed by atoms with Crippen LogP contribution in [0, 0.1) is 0 Å². The summed E-state index contributed by atoms with van der Waals surface area (Å²) in [6, 6.07) is 49.9. The molecule has 2 atom stereocenters. The predicted octanol–water partition coefficient (Wildman–Crippen LogP) is 11.9. The van der Waals surface area contributed by atoms with Crippen LogP contribution in [-0.2, 0) is 14.2 Å². The second-order valence-electron chi connectivity index (χ2n) is 13.3. The zero-order chi connectivity index (χ0) is 37.1. The highest BCUT2D eigenvalue weighted by Crippen LogP contribution is 2.43. The number of aromatic amines is 2. The van der Waals surface area contributed by atoms with Crippen molar-refractivity contribution in [3.63, 3.8) is 0 Å². The first-order valence-corrected chi connectivity index (χ1v) is 18.8. The second-order valence-corrected chi connectivity index (χ2v) is 13.3. The number of hydrogen-bond donors (Lipinski definition) is 2. The number of nitrogens with zero attached hydrogens (tertiary/aromatic N) is 2. The molecule has 0 aliphatic carbocycles. The van der Waals surface area contributed by atoms with Gasteiger partial charge in [0.1, 0.15) is 11.4 Å². The van der Waals surface area contributed by atoms with E-state index in [1.807, 2.05) is 62.4 Å². The Hall–Kier alpha value is -6.38. The number of fused-ring (bicyclic) bond motifs is 8. The molecule has 0 saturated heterocycles. The Morgan fingerprint density at radius 1 is 0.436 bits per heavy atom. The van der Waals surface area contributed by atoms with Crippen LogP contribution >= 0.6 is 0 Å². The van der Waals surface area contributed by atoms with E-state index in [4.69, 9.17) is 24.2 Å². The summed E-state index contributed by atoms with van der Waals surface area (Å²) in [7, 11) is 0. The minimum atomic E-state index is -0.808. The number of H-pyrrole nitrogens is 2. The molecule has 0 radical (unpaired) electrons. The summed E-state index contributed by atoms with van der Waals surface area (Å²) in [6.07, 6.45) is 2.62. The lowest BCUT2D eigenvalue weighted by molar-refractivity contribution is -0.261. The first kappa shape index (κ1) is 34.4. The van der Waals surface area contributed by atoms with Crippen LogP contribution in [0.5, 0.6) is 0 Å². The fourth-order valence-corrected chi connectivity index (χ4v) is 7.56. The molecular formula is C48H40N4O3. The van der Waals surface area contributed by atoms with E-state index in [1.165, 1.54) is 0 Å². The molecule has 0 amide bonds. The molecule has 7 nitrogen and oxygen atoms in total. The first-order chi connectivity index (χ1) is 27.2. The molecule has 2 aliphatic rings. The second kappa shape index (κ2) is 15.2. The minimum Gasteiger partial charge on any atom is -0.354 e. The van der Waals surface area contributed by atoms with Gasteiger partial charge in [-0.3, -0.25) is 0 Å². The van der Waals surface area contributed by atoms with Gasteiger partial charge in [-0.1, -0.05) is 121 Å². The molecule has 7 aromatic rings. The van der Waals surface area contributed by atoms with Gasteiger partial charge in [-0.2, -0.15) is 0 Å². The number of hydrogen-bond acceptors (Lipinski definition) is 5. The van der Waals surface area contributed by atoms with Crippen LogP contribution in [0.4, 0.5) is 0 Å². The van der Waals surface area contributed by atoms with Gasteiger partial charge in [0, 0.05) is 57.5 Å². The molecule has 8 bridgehead atoms. The predicted molar refractivity (Wildman–Crippen MR) is 221 cm³/mol. The molecule has 5 heterocycles. The lowest BCUT2D eigenvalue weighted by Gasteiger charge is -2.30. The van der Waals surface area contributed by atoms with E-state index in [9.17, 15) is 0 Å². The molecule has 0 unspecified atom stereocenters. The number of ether oxygens (including phenoxy) is 3. The zero-order valence-corrected chi connectivity index (χ0v) is 30.7. The quantitative estimate of drug-likeness (QED) is 0.163. The molecule has 55 heavy (non-hydrogen) atoms. The summed E-state index contributed by atoms with van der Waals surface area (Å²) in [4.78, 5) is 18.6. The number of aromatic nitrogens is 4. The Morgan fingerprint density at radius 3 is 1.11 bits per heavy atom. The van der Waals surface area contributed by atoms with Gasteiger partial charge in [-0.05, 0) is 72.5 Å². The van der Waals surface area contributed by atoms with E-state index in [1.54, 1.807) is 0 Å². The van der Waals surface area contributed by atoms with Crippen LogP contribution in [0.1, 0.15) is 49.2 Å². The van der Waals surface area contributed by atoms with Gasteiger partial charge in [-0.25, -0.2) is 9.97 Å². The van der Waals surface area contributed by atoms with E-state index >= 15 is 0 Å². The van der Waals surface area contributed by atoms with Crippen LogP contribution in [0.2, 0.25) is 0 Å². The molecule has 2 N–H and O–H groups in total. The molecule has 0 fully saturated rings. The fourth-order valence-electron chi connectivity index (χ4n) is 7.56. The first-order valence-electron chi connectivity index (χ1n) is 18.8. The monoisotopic (exact) mass is 720 g/mol. The van der Waals surface area contributed by atoms with Crippen LogP contribution in [0.25, 0.3) is 78.7 Å². The number of benzene rings is 4. The maximum atomic E-state index is 6.84. The Morgan fingerprint density at radius 2 is 0.764 bits per heavy atom. The van der Waals surface area contributed by atoms with Crippen LogP contribution in [0.15, 0.2) is 146 Å². The third-order valence-electron chi connectivity index (χ3n) is 9.93. The van der Waals surface area contributed by atoms with Crippen LogP contribution in [0.3, 0.4) is 0 Å². The van der Waals surface area contributed by atoms with Gasteiger partial charge in [-0.15, -0.1) is 0 Å². The topological polar surface area (TPSA) is 85.0 Å². The van der Waals surface area contributed by atoms with Crippen molar-refractivity contribution in [3.05, 3.63) is 168 Å². The molecule has 9 rings (SSSR count). The van der Waals surface area contributed by atoms with Crippen molar-refractivity contribution in [1.29, 1.82) is 0 Å². The number of nitrogens with one attached hydrogen (secondary N) is 2. The highest BCUT2D eigenvalue weighted by atomic mass is 16.8. The van der Waals surface area contributed by atoms with Crippen molar-refractivity contribution >= 4 is 34.2 Å². The van der Waals surface area contributed by atoms with Gasteiger partial charge < -0.3 is 24.2 Å². The standard InChI is InChI=1S/C48H40N4O3/c1-3-53-47-45-43(33-21-13-7-14-22-33)39-29-27-37(50-39)41(31-17-9-5-10-18-31)35-25-26-36(49-35)42(32-19-11-6-12-20-32)38-28-30-40(51-38)44(34-23-15-8-16-24-34)46(52-45)48(55-47)54-4-2/h5-30,47-48,50-51H,3-4H2,1-2H3/t47-,48-/m0/s1. The summed E-state index contributed by atoms with van der Waals surface area (Å²) in [5.41, 5.74) is 14.4. The maximum Gasteiger partial charge on any atom is 0.204 e. The smallest absolute Gasteiger partial charge is 0.204 e. The van der Waals surface area contributed by atoms with Crippen LogP contribution in [-0.4, -0.2) is 33.1 Å². The third-order valence-corrected chi connectivity index (χ3v) is 9.93. The van der Waals surface area contributed by atoms with Gasteiger partial charge >= 0.3 is 0 Å². The van der Waals surface area contributed by atoms with E-state index in [-0.39, 0.29) is 0 Å². The van der Waals surface area contributed by atoms with Crippen molar-refractivity contribution < 1.29 is 14.2 Å². The van der Waals surface area contributed by atoms with E-state index in [2.05, 4.69) is 119 Å². The van der Waals surface area contributed by atoms with Gasteiger partial charge in [0.25, 0.3) is 0 Å². The van der Waals surface area contributed by atoms with Crippen molar-refractivity contribution in [3.8, 4) is 44.5 Å². The minimum absolute atomic E-state index is 0.417. The van der Waals surface area contributed by atoms with E-state index in [0.717, 1.165) is 78.0 Å².